The Hall–Kier alpha value is -1.99. The van der Waals surface area contributed by atoms with Gasteiger partial charge in [-0.25, -0.2) is 4.79 Å². The molecule has 0 saturated heterocycles. The number of hydrogen-bond donors (Lipinski definition) is 1. The van der Waals surface area contributed by atoms with Crippen molar-refractivity contribution in [3.8, 4) is 18.1 Å². The summed E-state index contributed by atoms with van der Waals surface area (Å²) in [6.45, 7) is 6.66. The summed E-state index contributed by atoms with van der Waals surface area (Å²) in [5.41, 5.74) is -0.178. The van der Waals surface area contributed by atoms with Gasteiger partial charge in [0.2, 0.25) is 0 Å². The third-order valence-electron chi connectivity index (χ3n) is 2.97. The van der Waals surface area contributed by atoms with E-state index in [4.69, 9.17) is 15.9 Å². The van der Waals surface area contributed by atoms with Crippen molar-refractivity contribution >= 4 is 5.97 Å². The summed E-state index contributed by atoms with van der Waals surface area (Å²) in [5.74, 6) is 2.89. The standard InChI is InChI=1S/C16H21NO3/c1-5-12-17-16(4,15(18)20-7-3)13-8-10-14(11-9-13)19-6-2/h1,8-11,17H,6-7,12H2,2-4H3. The number of nitrogens with one attached hydrogen (secondary N) is 1. The second-order valence-corrected chi connectivity index (χ2v) is 4.36. The maximum atomic E-state index is 12.2. The fourth-order valence-corrected chi connectivity index (χ4v) is 1.85. The van der Waals surface area contributed by atoms with Gasteiger partial charge in [-0.2, -0.15) is 0 Å². The Morgan fingerprint density at radius 1 is 1.30 bits per heavy atom. The lowest BCUT2D eigenvalue weighted by Crippen LogP contribution is -2.47. The molecule has 0 bridgehead atoms. The molecule has 1 aromatic rings. The second kappa shape index (κ2) is 7.56. The molecule has 0 saturated carbocycles. The van der Waals surface area contributed by atoms with E-state index in [2.05, 4.69) is 11.2 Å². The number of benzene rings is 1. The van der Waals surface area contributed by atoms with Crippen molar-refractivity contribution in [3.05, 3.63) is 29.8 Å². The van der Waals surface area contributed by atoms with Crippen LogP contribution in [-0.4, -0.2) is 25.7 Å². The maximum absolute atomic E-state index is 12.2. The molecule has 0 aliphatic carbocycles. The lowest BCUT2D eigenvalue weighted by Gasteiger charge is -2.28. The maximum Gasteiger partial charge on any atom is 0.330 e. The highest BCUT2D eigenvalue weighted by Crippen LogP contribution is 2.25. The number of ether oxygens (including phenoxy) is 2. The molecule has 4 heteroatoms. The highest BCUT2D eigenvalue weighted by atomic mass is 16.5. The molecule has 1 rings (SSSR count). The molecule has 1 unspecified atom stereocenters. The van der Waals surface area contributed by atoms with Crippen molar-refractivity contribution in [2.24, 2.45) is 0 Å². The minimum Gasteiger partial charge on any atom is -0.494 e. The number of hydrogen-bond acceptors (Lipinski definition) is 4. The highest BCUT2D eigenvalue weighted by Gasteiger charge is 2.36. The Balaban J connectivity index is 3.03. The van der Waals surface area contributed by atoms with E-state index in [-0.39, 0.29) is 12.5 Å². The molecule has 4 nitrogen and oxygen atoms in total. The molecule has 0 radical (unpaired) electrons. The average molecular weight is 275 g/mol. The normalized spacial score (nSPS) is 13.1. The Bertz CT molecular complexity index is 475. The van der Waals surface area contributed by atoms with Crippen molar-refractivity contribution in [2.75, 3.05) is 19.8 Å². The van der Waals surface area contributed by atoms with Crippen molar-refractivity contribution in [2.45, 2.75) is 26.3 Å². The largest absolute Gasteiger partial charge is 0.494 e. The predicted molar refractivity (Wildman–Crippen MR) is 78.4 cm³/mol. The van der Waals surface area contributed by atoms with Gasteiger partial charge in [-0.3, -0.25) is 5.32 Å². The summed E-state index contributed by atoms with van der Waals surface area (Å²) in [5, 5.41) is 3.05. The smallest absolute Gasteiger partial charge is 0.330 e. The summed E-state index contributed by atoms with van der Waals surface area (Å²) in [6.07, 6.45) is 5.27. The number of carbonyl (C=O) groups is 1. The predicted octanol–water partition coefficient (Wildman–Crippen LogP) is 2.09. The number of esters is 1. The SMILES string of the molecule is C#CCNC(C)(C(=O)OCC)c1ccc(OCC)cc1. The molecule has 1 N–H and O–H groups in total. The lowest BCUT2D eigenvalue weighted by molar-refractivity contribution is -0.150. The number of carbonyl (C=O) groups excluding carboxylic acids is 1. The molecule has 20 heavy (non-hydrogen) atoms. The van der Waals surface area contributed by atoms with Crippen molar-refractivity contribution in [1.29, 1.82) is 0 Å². The average Bonchev–Trinajstić information content (AvgIpc) is 2.46. The van der Waals surface area contributed by atoms with E-state index in [9.17, 15) is 4.79 Å². The van der Waals surface area contributed by atoms with Crippen molar-refractivity contribution < 1.29 is 14.3 Å². The van der Waals surface area contributed by atoms with Crippen LogP contribution in [0.15, 0.2) is 24.3 Å². The van der Waals surface area contributed by atoms with E-state index in [1.54, 1.807) is 13.8 Å². The van der Waals surface area contributed by atoms with E-state index < -0.39 is 5.54 Å². The fraction of sp³-hybridized carbons (Fsp3) is 0.438. The molecule has 1 aromatic carbocycles. The Kier molecular flexibility index (Phi) is 6.08. The first-order valence-electron chi connectivity index (χ1n) is 6.67. The number of terminal acetylenes is 1. The minimum atomic E-state index is -0.965. The monoisotopic (exact) mass is 275 g/mol. The van der Waals surface area contributed by atoms with Crippen LogP contribution in [0.3, 0.4) is 0 Å². The van der Waals surface area contributed by atoms with Gasteiger partial charge in [0.1, 0.15) is 11.3 Å². The first-order chi connectivity index (χ1) is 9.58. The van der Waals surface area contributed by atoms with Crippen LogP contribution in [0.25, 0.3) is 0 Å². The topological polar surface area (TPSA) is 47.6 Å². The molecule has 0 aliphatic heterocycles. The zero-order chi connectivity index (χ0) is 15.0. The summed E-state index contributed by atoms with van der Waals surface area (Å²) >= 11 is 0. The molecular formula is C16H21NO3. The molecular weight excluding hydrogens is 254 g/mol. The van der Waals surface area contributed by atoms with E-state index in [0.29, 0.717) is 13.2 Å². The van der Waals surface area contributed by atoms with E-state index in [0.717, 1.165) is 11.3 Å². The van der Waals surface area contributed by atoms with E-state index in [1.165, 1.54) is 0 Å². The molecule has 0 aromatic heterocycles. The zero-order valence-corrected chi connectivity index (χ0v) is 12.2. The van der Waals surface area contributed by atoms with Crippen LogP contribution in [0, 0.1) is 12.3 Å². The Morgan fingerprint density at radius 2 is 1.95 bits per heavy atom. The van der Waals surface area contributed by atoms with Gasteiger partial charge in [0.25, 0.3) is 0 Å². The van der Waals surface area contributed by atoms with Gasteiger partial charge in [0.05, 0.1) is 19.8 Å². The van der Waals surface area contributed by atoms with Gasteiger partial charge in [-0.15, -0.1) is 6.42 Å². The second-order valence-electron chi connectivity index (χ2n) is 4.36. The molecule has 0 heterocycles. The van der Waals surface area contributed by atoms with Crippen LogP contribution in [0.5, 0.6) is 5.75 Å². The van der Waals surface area contributed by atoms with Crippen LogP contribution in [-0.2, 0) is 15.1 Å². The summed E-state index contributed by atoms with van der Waals surface area (Å²) in [6, 6.07) is 7.33. The van der Waals surface area contributed by atoms with Gasteiger partial charge in [-0.1, -0.05) is 18.1 Å². The summed E-state index contributed by atoms with van der Waals surface area (Å²) in [7, 11) is 0. The van der Waals surface area contributed by atoms with Crippen molar-refractivity contribution in [3.63, 3.8) is 0 Å². The van der Waals surface area contributed by atoms with Crippen molar-refractivity contribution in [1.82, 2.24) is 5.32 Å². The fourth-order valence-electron chi connectivity index (χ4n) is 1.85. The van der Waals surface area contributed by atoms with E-state index >= 15 is 0 Å². The first-order valence-corrected chi connectivity index (χ1v) is 6.67. The molecule has 1 atom stereocenters. The summed E-state index contributed by atoms with van der Waals surface area (Å²) < 4.78 is 10.5. The third kappa shape index (κ3) is 3.75. The van der Waals surface area contributed by atoms with Gasteiger partial charge in [0, 0.05) is 0 Å². The quantitative estimate of drug-likeness (QED) is 0.611. The number of rotatable bonds is 7. The Labute approximate surface area is 120 Å². The molecule has 0 amide bonds. The summed E-state index contributed by atoms with van der Waals surface area (Å²) in [4.78, 5) is 12.2. The van der Waals surface area contributed by atoms with Crippen LogP contribution in [0.4, 0.5) is 0 Å². The first kappa shape index (κ1) is 16.1. The van der Waals surface area contributed by atoms with Gasteiger partial charge >= 0.3 is 5.97 Å². The van der Waals surface area contributed by atoms with Crippen LogP contribution in [0.1, 0.15) is 26.3 Å². The van der Waals surface area contributed by atoms with E-state index in [1.807, 2.05) is 31.2 Å². The minimum absolute atomic E-state index is 0.280. The molecule has 108 valence electrons. The highest BCUT2D eigenvalue weighted by molar-refractivity contribution is 5.82. The Morgan fingerprint density at radius 3 is 2.45 bits per heavy atom. The molecule has 0 spiro atoms. The zero-order valence-electron chi connectivity index (χ0n) is 12.2. The van der Waals surface area contributed by atoms with Gasteiger partial charge in [0.15, 0.2) is 0 Å². The third-order valence-corrected chi connectivity index (χ3v) is 2.97. The van der Waals surface area contributed by atoms with Gasteiger partial charge in [-0.05, 0) is 38.5 Å². The molecule has 0 aliphatic rings. The van der Waals surface area contributed by atoms with Gasteiger partial charge < -0.3 is 9.47 Å². The van der Waals surface area contributed by atoms with Crippen LogP contribution in [0.2, 0.25) is 0 Å². The van der Waals surface area contributed by atoms with Crippen LogP contribution >= 0.6 is 0 Å². The lowest BCUT2D eigenvalue weighted by atomic mass is 9.92. The van der Waals surface area contributed by atoms with Crippen LogP contribution < -0.4 is 10.1 Å². The molecule has 0 fully saturated rings.